The van der Waals surface area contributed by atoms with Crippen LogP contribution in [0.3, 0.4) is 0 Å². The van der Waals surface area contributed by atoms with Gasteiger partial charge in [0, 0.05) is 18.5 Å². The van der Waals surface area contributed by atoms with Gasteiger partial charge in [0.1, 0.15) is 11.9 Å². The number of hydrogen-bond acceptors (Lipinski definition) is 9. The van der Waals surface area contributed by atoms with Crippen molar-refractivity contribution >= 4 is 17.0 Å². The third-order valence-corrected chi connectivity index (χ3v) is 5.27. The lowest BCUT2D eigenvalue weighted by Gasteiger charge is -2.55. The van der Waals surface area contributed by atoms with Crippen LogP contribution in [0.2, 0.25) is 0 Å². The number of nitrogens with zero attached hydrogens (tertiary/aromatic N) is 9. The van der Waals surface area contributed by atoms with E-state index < -0.39 is 0 Å². The summed E-state index contributed by atoms with van der Waals surface area (Å²) in [6, 6.07) is -0.219. The molecule has 2 saturated heterocycles. The number of tetrazole rings is 1. The molecule has 0 bridgehead atoms. The maximum atomic E-state index is 5.39. The molecule has 0 aliphatic carbocycles. The van der Waals surface area contributed by atoms with Crippen LogP contribution < -0.4 is 4.90 Å². The van der Waals surface area contributed by atoms with E-state index in [0.29, 0.717) is 17.0 Å². The third kappa shape index (κ3) is 2.48. The molecule has 0 amide bonds. The Balaban J connectivity index is 1.61. The smallest absolute Gasteiger partial charge is 0.184 e. The Bertz CT molecular complexity index is 977. The van der Waals surface area contributed by atoms with Crippen LogP contribution in [0, 0.1) is 5.41 Å². The van der Waals surface area contributed by atoms with Crippen LogP contribution in [-0.2, 0) is 10.2 Å². The minimum Gasteiger partial charge on any atom is -0.380 e. The zero-order chi connectivity index (χ0) is 18.8. The van der Waals surface area contributed by atoms with Crippen molar-refractivity contribution in [2.75, 3.05) is 31.2 Å². The first-order valence-electron chi connectivity index (χ1n) is 9.06. The second-order valence-electron chi connectivity index (χ2n) is 8.64. The van der Waals surface area contributed by atoms with Gasteiger partial charge in [-0.1, -0.05) is 26.0 Å². The summed E-state index contributed by atoms with van der Waals surface area (Å²) in [5, 5.41) is 22.8. The molecule has 2 aliphatic heterocycles. The second-order valence-corrected chi connectivity index (χ2v) is 8.64. The topological polar surface area (TPSA) is 123 Å². The van der Waals surface area contributed by atoms with Crippen molar-refractivity contribution in [3.8, 4) is 0 Å². The van der Waals surface area contributed by atoms with Gasteiger partial charge < -0.3 is 9.64 Å². The lowest BCUT2D eigenvalue weighted by atomic mass is 9.78. The van der Waals surface area contributed by atoms with E-state index in [0.717, 1.165) is 37.9 Å². The fourth-order valence-electron chi connectivity index (χ4n) is 3.58. The third-order valence-electron chi connectivity index (χ3n) is 5.27. The lowest BCUT2D eigenvalue weighted by Crippen LogP contribution is -2.66. The van der Waals surface area contributed by atoms with Crippen LogP contribution in [0.15, 0.2) is 0 Å². The van der Waals surface area contributed by atoms with Crippen molar-refractivity contribution in [2.24, 2.45) is 5.41 Å². The van der Waals surface area contributed by atoms with Crippen LogP contribution in [0.5, 0.6) is 0 Å². The first-order chi connectivity index (χ1) is 12.9. The Morgan fingerprint density at radius 2 is 1.93 bits per heavy atom. The molecular weight excluding hydrogens is 348 g/mol. The Morgan fingerprint density at radius 1 is 1.15 bits per heavy atom. The molecule has 0 aromatic carbocycles. The van der Waals surface area contributed by atoms with Gasteiger partial charge in [-0.3, -0.25) is 0 Å². The molecule has 0 radical (unpaired) electrons. The van der Waals surface area contributed by atoms with Crippen molar-refractivity contribution in [3.63, 3.8) is 0 Å². The fourth-order valence-corrected chi connectivity index (χ4v) is 3.58. The number of rotatable bonds is 3. The van der Waals surface area contributed by atoms with E-state index in [-0.39, 0.29) is 16.9 Å². The van der Waals surface area contributed by atoms with Crippen molar-refractivity contribution < 1.29 is 4.74 Å². The molecule has 11 heteroatoms. The van der Waals surface area contributed by atoms with Gasteiger partial charge in [0.15, 0.2) is 22.8 Å². The highest BCUT2D eigenvalue weighted by Gasteiger charge is 2.50. The van der Waals surface area contributed by atoms with E-state index in [1.54, 1.807) is 4.68 Å². The Labute approximate surface area is 155 Å². The maximum absolute atomic E-state index is 5.39. The second kappa shape index (κ2) is 5.41. The number of nitrogens with one attached hydrogen (secondary N) is 1. The number of hydrogen-bond donors (Lipinski definition) is 1. The Kier molecular flexibility index (Phi) is 3.30. The number of ether oxygens (including phenoxy) is 1. The van der Waals surface area contributed by atoms with Gasteiger partial charge in [0.05, 0.1) is 18.6 Å². The summed E-state index contributed by atoms with van der Waals surface area (Å²) >= 11 is 0. The van der Waals surface area contributed by atoms with Gasteiger partial charge in [-0.2, -0.15) is 0 Å². The minimum atomic E-state index is -0.219. The van der Waals surface area contributed by atoms with Gasteiger partial charge >= 0.3 is 0 Å². The maximum Gasteiger partial charge on any atom is 0.184 e. The molecule has 1 atom stereocenters. The zero-order valence-corrected chi connectivity index (χ0v) is 15.8. The van der Waals surface area contributed by atoms with Crippen LogP contribution in [0.25, 0.3) is 11.2 Å². The average Bonchev–Trinajstić information content (AvgIpc) is 3.20. The molecule has 2 fully saturated rings. The first kappa shape index (κ1) is 16.5. The van der Waals surface area contributed by atoms with Gasteiger partial charge in [0.25, 0.3) is 0 Å². The fraction of sp³-hybridized carbons (Fsp3) is 0.688. The van der Waals surface area contributed by atoms with Gasteiger partial charge in [-0.25, -0.2) is 19.7 Å². The Hall–Kier alpha value is -2.69. The first-order valence-corrected chi connectivity index (χ1v) is 9.06. The molecular formula is C16H22N10O. The number of H-pyrrole nitrogens is 1. The molecule has 27 heavy (non-hydrogen) atoms. The molecule has 1 spiro atoms. The lowest BCUT2D eigenvalue weighted by molar-refractivity contribution is -0.127. The summed E-state index contributed by atoms with van der Waals surface area (Å²) in [6.07, 6.45) is 0. The monoisotopic (exact) mass is 370 g/mol. The highest BCUT2D eigenvalue weighted by Crippen LogP contribution is 2.41. The normalized spacial score (nSPS) is 19.9. The van der Waals surface area contributed by atoms with Gasteiger partial charge in [-0.05, 0) is 17.4 Å². The van der Waals surface area contributed by atoms with Crippen molar-refractivity contribution in [1.29, 1.82) is 0 Å². The summed E-state index contributed by atoms with van der Waals surface area (Å²) in [7, 11) is 0. The molecule has 11 nitrogen and oxygen atoms in total. The van der Waals surface area contributed by atoms with Crippen LogP contribution in [-0.4, -0.2) is 71.9 Å². The molecule has 5 rings (SSSR count). The quantitative estimate of drug-likeness (QED) is 0.701. The van der Waals surface area contributed by atoms with E-state index in [2.05, 4.69) is 56.6 Å². The predicted octanol–water partition coefficient (Wildman–Crippen LogP) is 0.478. The molecule has 1 N–H and O–H groups in total. The van der Waals surface area contributed by atoms with Crippen LogP contribution in [0.4, 0.5) is 5.82 Å². The van der Waals surface area contributed by atoms with Crippen LogP contribution >= 0.6 is 0 Å². The number of aromatic amines is 1. The highest BCUT2D eigenvalue weighted by atomic mass is 16.5. The molecule has 3 aromatic heterocycles. The molecule has 3 aromatic rings. The number of aromatic nitrogens is 9. The van der Waals surface area contributed by atoms with E-state index >= 15 is 0 Å². The summed E-state index contributed by atoms with van der Waals surface area (Å²) in [6.45, 7) is 11.8. The predicted molar refractivity (Wildman–Crippen MR) is 95.3 cm³/mol. The van der Waals surface area contributed by atoms with Crippen molar-refractivity contribution in [3.05, 3.63) is 11.6 Å². The van der Waals surface area contributed by atoms with Crippen LogP contribution in [0.1, 0.15) is 45.4 Å². The Morgan fingerprint density at radius 3 is 2.52 bits per heavy atom. The molecule has 142 valence electrons. The van der Waals surface area contributed by atoms with E-state index in [1.165, 1.54) is 0 Å². The van der Waals surface area contributed by atoms with Crippen molar-refractivity contribution in [2.45, 2.75) is 39.2 Å². The molecule has 2 aliphatic rings. The largest absolute Gasteiger partial charge is 0.380 e. The van der Waals surface area contributed by atoms with Gasteiger partial charge in [-0.15, -0.1) is 10.2 Å². The number of anilines is 1. The SMILES string of the molecule is CC(c1nnn[nH]1)n1nnc2c(N3CC4(COC4)C3)nc(C(C)(C)C)nc21. The van der Waals surface area contributed by atoms with Crippen molar-refractivity contribution in [1.82, 2.24) is 45.6 Å². The minimum absolute atomic E-state index is 0.197. The molecule has 0 saturated carbocycles. The van der Waals surface area contributed by atoms with E-state index in [9.17, 15) is 0 Å². The summed E-state index contributed by atoms with van der Waals surface area (Å²) in [5.41, 5.74) is 1.49. The van der Waals surface area contributed by atoms with Gasteiger partial charge in [0.2, 0.25) is 0 Å². The van der Waals surface area contributed by atoms with E-state index in [1.807, 2.05) is 6.92 Å². The number of fused-ring (bicyclic) bond motifs is 1. The average molecular weight is 370 g/mol. The molecule has 5 heterocycles. The summed E-state index contributed by atoms with van der Waals surface area (Å²) in [4.78, 5) is 11.9. The summed E-state index contributed by atoms with van der Waals surface area (Å²) in [5.74, 6) is 2.22. The highest BCUT2D eigenvalue weighted by molar-refractivity contribution is 5.83. The summed E-state index contributed by atoms with van der Waals surface area (Å²) < 4.78 is 7.14. The molecule has 1 unspecified atom stereocenters. The standard InChI is InChI=1S/C16H22N10O/c1-9(11-20-22-23-21-11)26-13-10(19-24-26)12(17-14(18-13)15(2,3)4)25-5-16(6-25)7-27-8-16/h9H,5-8H2,1-4H3,(H,20,21,22,23). The van der Waals surface area contributed by atoms with E-state index in [4.69, 9.17) is 14.7 Å². The zero-order valence-electron chi connectivity index (χ0n) is 15.8.